The number of aromatic amines is 1. The average molecular weight is 261 g/mol. The molecule has 2 aromatic rings. The largest absolute Gasteiger partial charge is 0.383 e. The summed E-state index contributed by atoms with van der Waals surface area (Å²) in [5.74, 6) is 0.106. The minimum Gasteiger partial charge on any atom is -0.383 e. The topological polar surface area (TPSA) is 106 Å². The van der Waals surface area contributed by atoms with Crippen LogP contribution >= 0.6 is 0 Å². The molecule has 0 radical (unpaired) electrons. The fraction of sp³-hybridized carbons (Fsp3) is 0.250. The van der Waals surface area contributed by atoms with E-state index in [1.54, 1.807) is 12.4 Å². The molecule has 2 aromatic heterocycles. The third-order valence-corrected chi connectivity index (χ3v) is 2.94. The number of aromatic nitrogens is 3. The molecule has 0 aliphatic rings. The second-order valence-corrected chi connectivity index (χ2v) is 4.23. The molecule has 100 valence electrons. The van der Waals surface area contributed by atoms with E-state index in [4.69, 9.17) is 5.73 Å². The van der Waals surface area contributed by atoms with Gasteiger partial charge in [0.1, 0.15) is 11.5 Å². The quantitative estimate of drug-likeness (QED) is 0.733. The van der Waals surface area contributed by atoms with Crippen molar-refractivity contribution in [3.8, 4) is 0 Å². The van der Waals surface area contributed by atoms with Crippen molar-refractivity contribution in [3.05, 3.63) is 50.9 Å². The molecular weight excluding hydrogens is 246 g/mol. The molecule has 0 spiro atoms. The van der Waals surface area contributed by atoms with E-state index in [2.05, 4.69) is 15.3 Å². The lowest BCUT2D eigenvalue weighted by Crippen LogP contribution is -2.32. The zero-order valence-electron chi connectivity index (χ0n) is 10.7. The number of hydrogen-bond donors (Lipinski definition) is 3. The maximum absolute atomic E-state index is 11.8. The van der Waals surface area contributed by atoms with Crippen LogP contribution in [0.15, 0.2) is 34.1 Å². The molecule has 1 atom stereocenters. The Morgan fingerprint density at radius 2 is 2.00 bits per heavy atom. The number of nitrogens with two attached hydrogens (primary N) is 1. The molecule has 0 amide bonds. The lowest BCUT2D eigenvalue weighted by atomic mass is 10.1. The Hall–Kier alpha value is -2.57. The minimum absolute atomic E-state index is 0.106. The SMILES string of the molecule is CC(Nc1c(N)n(C)c(=O)[nH]c1=O)c1ccncc1. The van der Waals surface area contributed by atoms with Crippen molar-refractivity contribution in [3.63, 3.8) is 0 Å². The van der Waals surface area contributed by atoms with E-state index >= 15 is 0 Å². The third-order valence-electron chi connectivity index (χ3n) is 2.94. The van der Waals surface area contributed by atoms with Crippen molar-refractivity contribution < 1.29 is 0 Å². The molecule has 0 saturated heterocycles. The average Bonchev–Trinajstić information content (AvgIpc) is 2.42. The summed E-state index contributed by atoms with van der Waals surface area (Å²) in [6, 6.07) is 3.54. The molecule has 4 N–H and O–H groups in total. The van der Waals surface area contributed by atoms with E-state index < -0.39 is 11.2 Å². The fourth-order valence-corrected chi connectivity index (χ4v) is 1.73. The molecule has 2 heterocycles. The van der Waals surface area contributed by atoms with Crippen LogP contribution in [0.3, 0.4) is 0 Å². The number of nitrogens with one attached hydrogen (secondary N) is 2. The first-order valence-electron chi connectivity index (χ1n) is 5.76. The molecule has 0 aliphatic heterocycles. The number of H-pyrrole nitrogens is 1. The Balaban J connectivity index is 2.37. The van der Waals surface area contributed by atoms with Gasteiger partial charge in [-0.25, -0.2) is 4.79 Å². The minimum atomic E-state index is -0.537. The Morgan fingerprint density at radius 3 is 2.63 bits per heavy atom. The number of nitrogens with zero attached hydrogens (tertiary/aromatic N) is 2. The van der Waals surface area contributed by atoms with Crippen LogP contribution in [0.1, 0.15) is 18.5 Å². The molecule has 1 unspecified atom stereocenters. The summed E-state index contributed by atoms with van der Waals surface area (Å²) in [5.41, 5.74) is 5.86. The van der Waals surface area contributed by atoms with E-state index in [9.17, 15) is 9.59 Å². The summed E-state index contributed by atoms with van der Waals surface area (Å²) >= 11 is 0. The number of anilines is 2. The van der Waals surface area contributed by atoms with Crippen LogP contribution in [0, 0.1) is 0 Å². The van der Waals surface area contributed by atoms with E-state index in [1.165, 1.54) is 11.6 Å². The van der Waals surface area contributed by atoms with Gasteiger partial charge in [0.05, 0.1) is 0 Å². The second kappa shape index (κ2) is 4.97. The predicted octanol–water partition coefficient (Wildman–Crippen LogP) is 0.224. The highest BCUT2D eigenvalue weighted by molar-refractivity contribution is 5.61. The highest BCUT2D eigenvalue weighted by Crippen LogP contribution is 2.18. The summed E-state index contributed by atoms with van der Waals surface area (Å²) in [6.45, 7) is 1.89. The Kier molecular flexibility index (Phi) is 3.37. The van der Waals surface area contributed by atoms with Crippen molar-refractivity contribution in [1.82, 2.24) is 14.5 Å². The van der Waals surface area contributed by atoms with Crippen molar-refractivity contribution in [2.45, 2.75) is 13.0 Å². The van der Waals surface area contributed by atoms with Gasteiger partial charge in [-0.3, -0.25) is 19.3 Å². The van der Waals surface area contributed by atoms with Crippen LogP contribution in [0.4, 0.5) is 11.5 Å². The van der Waals surface area contributed by atoms with Crippen LogP contribution in [0.2, 0.25) is 0 Å². The van der Waals surface area contributed by atoms with Gasteiger partial charge < -0.3 is 11.1 Å². The van der Waals surface area contributed by atoms with Gasteiger partial charge in [-0.15, -0.1) is 0 Å². The monoisotopic (exact) mass is 261 g/mol. The van der Waals surface area contributed by atoms with Crippen molar-refractivity contribution in [2.24, 2.45) is 7.05 Å². The molecule has 7 nitrogen and oxygen atoms in total. The zero-order chi connectivity index (χ0) is 14.0. The van der Waals surface area contributed by atoms with Crippen LogP contribution in [-0.4, -0.2) is 14.5 Å². The molecule has 0 bridgehead atoms. The van der Waals surface area contributed by atoms with E-state index in [1.807, 2.05) is 19.1 Å². The number of rotatable bonds is 3. The normalized spacial score (nSPS) is 12.1. The summed E-state index contributed by atoms with van der Waals surface area (Å²) in [4.78, 5) is 29.2. The first-order chi connectivity index (χ1) is 9.00. The number of pyridine rings is 1. The lowest BCUT2D eigenvalue weighted by molar-refractivity contribution is 0.800. The molecular formula is C12H15N5O2. The van der Waals surface area contributed by atoms with Gasteiger partial charge in [-0.1, -0.05) is 0 Å². The summed E-state index contributed by atoms with van der Waals surface area (Å²) in [7, 11) is 1.50. The Bertz CT molecular complexity index is 690. The molecule has 19 heavy (non-hydrogen) atoms. The van der Waals surface area contributed by atoms with Crippen LogP contribution < -0.4 is 22.3 Å². The molecule has 2 rings (SSSR count). The van der Waals surface area contributed by atoms with Crippen molar-refractivity contribution >= 4 is 11.5 Å². The van der Waals surface area contributed by atoms with Crippen molar-refractivity contribution in [1.29, 1.82) is 0 Å². The van der Waals surface area contributed by atoms with Crippen molar-refractivity contribution in [2.75, 3.05) is 11.1 Å². The lowest BCUT2D eigenvalue weighted by Gasteiger charge is -2.17. The Labute approximate surface area is 109 Å². The predicted molar refractivity (Wildman–Crippen MR) is 73.0 cm³/mol. The first-order valence-corrected chi connectivity index (χ1v) is 5.76. The fourth-order valence-electron chi connectivity index (χ4n) is 1.73. The van der Waals surface area contributed by atoms with Gasteiger partial charge >= 0.3 is 5.69 Å². The molecule has 0 aromatic carbocycles. The standard InChI is InChI=1S/C12H15N5O2/c1-7(8-3-5-14-6-4-8)15-9-10(13)17(2)12(19)16-11(9)18/h3-7,15H,13H2,1-2H3,(H,16,18,19). The smallest absolute Gasteiger partial charge is 0.329 e. The summed E-state index contributed by atoms with van der Waals surface area (Å²) in [5, 5.41) is 3.01. The molecule has 0 aliphatic carbocycles. The number of nitrogen functional groups attached to an aromatic ring is 1. The molecule has 0 fully saturated rings. The van der Waals surface area contributed by atoms with Crippen LogP contribution in [0.5, 0.6) is 0 Å². The summed E-state index contributed by atoms with van der Waals surface area (Å²) in [6.07, 6.45) is 3.34. The van der Waals surface area contributed by atoms with Crippen LogP contribution in [0.25, 0.3) is 0 Å². The van der Waals surface area contributed by atoms with Crippen LogP contribution in [-0.2, 0) is 7.05 Å². The maximum atomic E-state index is 11.8. The van der Waals surface area contributed by atoms with E-state index in [0.29, 0.717) is 0 Å². The van der Waals surface area contributed by atoms with E-state index in [-0.39, 0.29) is 17.5 Å². The number of hydrogen-bond acceptors (Lipinski definition) is 5. The molecule has 0 saturated carbocycles. The highest BCUT2D eigenvalue weighted by Gasteiger charge is 2.13. The van der Waals surface area contributed by atoms with Gasteiger partial charge in [0.15, 0.2) is 0 Å². The zero-order valence-corrected chi connectivity index (χ0v) is 10.7. The second-order valence-electron chi connectivity index (χ2n) is 4.23. The maximum Gasteiger partial charge on any atom is 0.329 e. The van der Waals surface area contributed by atoms with E-state index in [0.717, 1.165) is 5.56 Å². The van der Waals surface area contributed by atoms with Gasteiger partial charge in [-0.05, 0) is 24.6 Å². The van der Waals surface area contributed by atoms with Gasteiger partial charge in [0.25, 0.3) is 5.56 Å². The summed E-state index contributed by atoms with van der Waals surface area (Å²) < 4.78 is 1.18. The highest BCUT2D eigenvalue weighted by atomic mass is 16.2. The molecule has 7 heteroatoms. The Morgan fingerprint density at radius 1 is 1.37 bits per heavy atom. The van der Waals surface area contributed by atoms with Gasteiger partial charge in [0, 0.05) is 25.5 Å². The van der Waals surface area contributed by atoms with Gasteiger partial charge in [0.2, 0.25) is 0 Å². The third kappa shape index (κ3) is 2.49. The van der Waals surface area contributed by atoms with Gasteiger partial charge in [-0.2, -0.15) is 0 Å². The first kappa shape index (κ1) is 12.9.